The molecule has 20 heavy (non-hydrogen) atoms. The van der Waals surface area contributed by atoms with E-state index < -0.39 is 6.23 Å². The van der Waals surface area contributed by atoms with E-state index in [2.05, 4.69) is 5.32 Å². The molecule has 0 spiro atoms. The van der Waals surface area contributed by atoms with Crippen molar-refractivity contribution in [2.24, 2.45) is 5.73 Å². The van der Waals surface area contributed by atoms with Crippen LogP contribution in [-0.4, -0.2) is 12.1 Å². The summed E-state index contributed by atoms with van der Waals surface area (Å²) in [6, 6.07) is 15.1. The molecule has 1 unspecified atom stereocenters. The van der Waals surface area contributed by atoms with E-state index in [1.807, 2.05) is 30.3 Å². The van der Waals surface area contributed by atoms with Crippen molar-refractivity contribution >= 4 is 11.6 Å². The van der Waals surface area contributed by atoms with Crippen molar-refractivity contribution in [3.8, 4) is 11.5 Å². The Kier molecular flexibility index (Phi) is 3.26. The van der Waals surface area contributed by atoms with Crippen LogP contribution >= 0.6 is 0 Å². The highest BCUT2D eigenvalue weighted by Crippen LogP contribution is 2.32. The van der Waals surface area contributed by atoms with Crippen LogP contribution in [0.2, 0.25) is 0 Å². The van der Waals surface area contributed by atoms with E-state index >= 15 is 0 Å². The third kappa shape index (κ3) is 2.57. The molecule has 5 heteroatoms. The molecule has 0 aromatic heterocycles. The fourth-order valence-corrected chi connectivity index (χ4v) is 1.93. The Morgan fingerprint density at radius 3 is 2.80 bits per heavy atom. The number of nitrogens with one attached hydrogen (secondary N) is 1. The summed E-state index contributed by atoms with van der Waals surface area (Å²) in [6.45, 7) is 0.466. The maximum atomic E-state index is 11.4. The normalized spacial score (nSPS) is 16.9. The highest BCUT2D eigenvalue weighted by atomic mass is 16.5. The molecule has 1 aliphatic heterocycles. The molecule has 0 saturated heterocycles. The zero-order chi connectivity index (χ0) is 13.9. The van der Waals surface area contributed by atoms with Gasteiger partial charge in [0.05, 0.1) is 5.69 Å². The molecule has 1 heterocycles. The number of nitrogens with two attached hydrogens (primary N) is 1. The van der Waals surface area contributed by atoms with Gasteiger partial charge in [-0.2, -0.15) is 0 Å². The zero-order valence-corrected chi connectivity index (χ0v) is 10.7. The van der Waals surface area contributed by atoms with Crippen molar-refractivity contribution in [2.75, 3.05) is 5.32 Å². The van der Waals surface area contributed by atoms with Crippen molar-refractivity contribution in [1.82, 2.24) is 0 Å². The van der Waals surface area contributed by atoms with Gasteiger partial charge in [-0.1, -0.05) is 30.3 Å². The van der Waals surface area contributed by atoms with Gasteiger partial charge in [0.25, 0.3) is 5.91 Å². The van der Waals surface area contributed by atoms with Crippen molar-refractivity contribution in [1.29, 1.82) is 0 Å². The van der Waals surface area contributed by atoms with Gasteiger partial charge in [0.15, 0.2) is 0 Å². The van der Waals surface area contributed by atoms with Gasteiger partial charge in [-0.15, -0.1) is 0 Å². The molecule has 0 fully saturated rings. The van der Waals surface area contributed by atoms with Crippen molar-refractivity contribution in [3.05, 3.63) is 54.1 Å². The van der Waals surface area contributed by atoms with Gasteiger partial charge in [0.2, 0.25) is 6.23 Å². The van der Waals surface area contributed by atoms with Crippen molar-refractivity contribution < 1.29 is 14.3 Å². The lowest BCUT2D eigenvalue weighted by atomic mass is 10.2. The summed E-state index contributed by atoms with van der Waals surface area (Å²) >= 11 is 0. The Morgan fingerprint density at radius 1 is 1.20 bits per heavy atom. The molecule has 0 bridgehead atoms. The minimum atomic E-state index is -0.960. The number of benzene rings is 2. The number of rotatable bonds is 3. The fraction of sp³-hybridized carbons (Fsp3) is 0.133. The first-order chi connectivity index (χ1) is 9.72. The third-order valence-corrected chi connectivity index (χ3v) is 2.97. The first-order valence-corrected chi connectivity index (χ1v) is 6.26. The highest BCUT2D eigenvalue weighted by molar-refractivity contribution is 5.97. The van der Waals surface area contributed by atoms with E-state index in [4.69, 9.17) is 15.2 Å². The van der Waals surface area contributed by atoms with Crippen LogP contribution in [0.15, 0.2) is 48.5 Å². The van der Waals surface area contributed by atoms with Crippen LogP contribution < -0.4 is 20.5 Å². The lowest BCUT2D eigenvalue weighted by molar-refractivity contribution is -0.123. The van der Waals surface area contributed by atoms with Crippen LogP contribution in [0.1, 0.15) is 5.56 Å². The van der Waals surface area contributed by atoms with Gasteiger partial charge in [0, 0.05) is 6.07 Å². The van der Waals surface area contributed by atoms with Crippen LogP contribution in [0.3, 0.4) is 0 Å². The van der Waals surface area contributed by atoms with Crippen LogP contribution in [-0.2, 0) is 11.4 Å². The molecule has 1 aliphatic rings. The van der Waals surface area contributed by atoms with E-state index in [0.29, 0.717) is 23.8 Å². The van der Waals surface area contributed by atoms with Gasteiger partial charge < -0.3 is 14.8 Å². The molecule has 1 atom stereocenters. The number of carbonyl (C=O) groups is 1. The number of ether oxygens (including phenoxy) is 2. The summed E-state index contributed by atoms with van der Waals surface area (Å²) in [7, 11) is 0. The summed E-state index contributed by atoms with van der Waals surface area (Å²) in [6.07, 6.45) is -0.960. The summed E-state index contributed by atoms with van der Waals surface area (Å²) in [5.74, 6) is 0.842. The monoisotopic (exact) mass is 270 g/mol. The lowest BCUT2D eigenvalue weighted by Crippen LogP contribution is -2.43. The van der Waals surface area contributed by atoms with Gasteiger partial charge >= 0.3 is 0 Å². The molecule has 0 aliphatic carbocycles. The van der Waals surface area contributed by atoms with Crippen LogP contribution in [0.5, 0.6) is 11.5 Å². The van der Waals surface area contributed by atoms with Crippen molar-refractivity contribution in [2.45, 2.75) is 12.8 Å². The average Bonchev–Trinajstić information content (AvgIpc) is 2.47. The Balaban J connectivity index is 1.73. The number of carbonyl (C=O) groups excluding carboxylic acids is 1. The SMILES string of the molecule is NC1Oc2ccc(OCc3ccccc3)cc2NC1=O. The lowest BCUT2D eigenvalue weighted by Gasteiger charge is -2.23. The highest BCUT2D eigenvalue weighted by Gasteiger charge is 2.24. The van der Waals surface area contributed by atoms with Crippen LogP contribution in [0.4, 0.5) is 5.69 Å². The van der Waals surface area contributed by atoms with Gasteiger partial charge in [0.1, 0.15) is 18.1 Å². The standard InChI is InChI=1S/C15H14N2O3/c16-14-15(18)17-12-8-11(6-7-13(12)20-14)19-9-10-4-2-1-3-5-10/h1-8,14H,9,16H2,(H,17,18). The van der Waals surface area contributed by atoms with E-state index in [0.717, 1.165) is 5.56 Å². The number of hydrogen-bond donors (Lipinski definition) is 2. The minimum Gasteiger partial charge on any atom is -0.489 e. The minimum absolute atomic E-state index is 0.363. The molecule has 3 N–H and O–H groups in total. The number of anilines is 1. The predicted octanol–water partition coefficient (Wildman–Crippen LogP) is 1.88. The van der Waals surface area contributed by atoms with E-state index in [1.165, 1.54) is 0 Å². The van der Waals surface area contributed by atoms with Crippen LogP contribution in [0.25, 0.3) is 0 Å². The molecular weight excluding hydrogens is 256 g/mol. The summed E-state index contributed by atoms with van der Waals surface area (Å²) < 4.78 is 11.0. The smallest absolute Gasteiger partial charge is 0.280 e. The zero-order valence-electron chi connectivity index (χ0n) is 10.7. The second-order valence-corrected chi connectivity index (χ2v) is 4.46. The molecule has 1 amide bonds. The van der Waals surface area contributed by atoms with Gasteiger partial charge in [-0.3, -0.25) is 10.5 Å². The third-order valence-electron chi connectivity index (χ3n) is 2.97. The predicted molar refractivity (Wildman–Crippen MR) is 74.4 cm³/mol. The Morgan fingerprint density at radius 2 is 2.00 bits per heavy atom. The second kappa shape index (κ2) is 5.22. The molecule has 102 valence electrons. The van der Waals surface area contributed by atoms with Gasteiger partial charge in [-0.05, 0) is 17.7 Å². The summed E-state index contributed by atoms with van der Waals surface area (Å²) in [4.78, 5) is 11.4. The average molecular weight is 270 g/mol. The molecule has 0 saturated carbocycles. The molecule has 2 aromatic carbocycles. The van der Waals surface area contributed by atoms with E-state index in [1.54, 1.807) is 18.2 Å². The Bertz CT molecular complexity index is 628. The quantitative estimate of drug-likeness (QED) is 0.893. The maximum Gasteiger partial charge on any atom is 0.280 e. The molecule has 0 radical (unpaired) electrons. The van der Waals surface area contributed by atoms with Crippen molar-refractivity contribution in [3.63, 3.8) is 0 Å². The first-order valence-electron chi connectivity index (χ1n) is 6.26. The summed E-state index contributed by atoms with van der Waals surface area (Å²) in [5, 5.41) is 2.68. The molecule has 3 rings (SSSR count). The van der Waals surface area contributed by atoms with E-state index in [9.17, 15) is 4.79 Å². The molecule has 5 nitrogen and oxygen atoms in total. The first kappa shape index (κ1) is 12.5. The molecule has 2 aromatic rings. The second-order valence-electron chi connectivity index (χ2n) is 4.46. The van der Waals surface area contributed by atoms with Gasteiger partial charge in [-0.25, -0.2) is 0 Å². The number of fused-ring (bicyclic) bond motifs is 1. The Hall–Kier alpha value is -2.53. The Labute approximate surface area is 116 Å². The largest absolute Gasteiger partial charge is 0.489 e. The van der Waals surface area contributed by atoms with E-state index in [-0.39, 0.29) is 5.91 Å². The topological polar surface area (TPSA) is 73.6 Å². The number of hydrogen-bond acceptors (Lipinski definition) is 4. The van der Waals surface area contributed by atoms with Crippen LogP contribution in [0, 0.1) is 0 Å². The summed E-state index contributed by atoms with van der Waals surface area (Å²) in [5.41, 5.74) is 7.15. The fourth-order valence-electron chi connectivity index (χ4n) is 1.93. The number of amides is 1. The molecular formula is C15H14N2O3. The maximum absolute atomic E-state index is 11.4.